The van der Waals surface area contributed by atoms with Crippen LogP contribution >= 0.6 is 23.2 Å². The molecular formula is C26H22Cl2F3N5O4S. The molecule has 2 aromatic carbocycles. The SMILES string of the molecule is CC(C)(CS(C)(=O)=O)NC(=O)c1cc2ccccc2c(Cl)c1NC(=O)c1cc(C(F)(F)F)nn1-c1ncccc1Cl. The average molecular weight is 628 g/mol. The number of aromatic nitrogens is 3. The Labute approximate surface area is 242 Å². The Bertz CT molecular complexity index is 1790. The van der Waals surface area contributed by atoms with Crippen LogP contribution in [0.3, 0.4) is 0 Å². The second-order valence-corrected chi connectivity index (χ2v) is 12.8. The Morgan fingerprint density at radius 1 is 1.02 bits per heavy atom. The summed E-state index contributed by atoms with van der Waals surface area (Å²) in [6.07, 6.45) is -2.62. The predicted octanol–water partition coefficient (Wildman–Crippen LogP) is 5.55. The molecule has 0 unspecified atom stereocenters. The summed E-state index contributed by atoms with van der Waals surface area (Å²) in [6, 6.07) is 11.4. The van der Waals surface area contributed by atoms with E-state index < -0.39 is 44.8 Å². The molecule has 0 saturated heterocycles. The minimum Gasteiger partial charge on any atom is -0.346 e. The number of benzene rings is 2. The third-order valence-corrected chi connectivity index (χ3v) is 7.65. The van der Waals surface area contributed by atoms with Gasteiger partial charge in [-0.05, 0) is 37.4 Å². The topological polar surface area (TPSA) is 123 Å². The van der Waals surface area contributed by atoms with Gasteiger partial charge in [0.1, 0.15) is 15.5 Å². The average Bonchev–Trinajstić information content (AvgIpc) is 3.30. The van der Waals surface area contributed by atoms with E-state index in [2.05, 4.69) is 20.7 Å². The number of hydrogen-bond acceptors (Lipinski definition) is 6. The van der Waals surface area contributed by atoms with E-state index in [-0.39, 0.29) is 32.9 Å². The molecular weight excluding hydrogens is 606 g/mol. The maximum atomic E-state index is 13.6. The molecule has 9 nitrogen and oxygen atoms in total. The minimum absolute atomic E-state index is 0.0690. The second-order valence-electron chi connectivity index (χ2n) is 9.83. The number of pyridine rings is 1. The maximum Gasteiger partial charge on any atom is 0.435 e. The molecule has 0 aliphatic rings. The molecule has 4 aromatic rings. The van der Waals surface area contributed by atoms with E-state index in [1.54, 1.807) is 24.3 Å². The summed E-state index contributed by atoms with van der Waals surface area (Å²) in [5.74, 6) is -2.51. The first-order chi connectivity index (χ1) is 19.0. The van der Waals surface area contributed by atoms with Gasteiger partial charge in [0, 0.05) is 29.4 Å². The molecule has 0 aliphatic heterocycles. The summed E-state index contributed by atoms with van der Waals surface area (Å²) in [6.45, 7) is 3.00. The van der Waals surface area contributed by atoms with Crippen molar-refractivity contribution in [2.24, 2.45) is 0 Å². The van der Waals surface area contributed by atoms with Gasteiger partial charge in [-0.1, -0.05) is 47.5 Å². The highest BCUT2D eigenvalue weighted by Crippen LogP contribution is 2.36. The van der Waals surface area contributed by atoms with Gasteiger partial charge in [0.2, 0.25) is 0 Å². The van der Waals surface area contributed by atoms with Crippen molar-refractivity contribution in [1.82, 2.24) is 20.1 Å². The van der Waals surface area contributed by atoms with E-state index in [4.69, 9.17) is 23.2 Å². The predicted molar refractivity (Wildman–Crippen MR) is 150 cm³/mol. The Morgan fingerprint density at radius 3 is 2.34 bits per heavy atom. The molecule has 0 atom stereocenters. The van der Waals surface area contributed by atoms with Gasteiger partial charge in [-0.3, -0.25) is 9.59 Å². The van der Waals surface area contributed by atoms with Crippen molar-refractivity contribution >= 4 is 61.3 Å². The molecule has 0 radical (unpaired) electrons. The third-order valence-electron chi connectivity index (χ3n) is 5.72. The van der Waals surface area contributed by atoms with Crippen LogP contribution < -0.4 is 10.6 Å². The van der Waals surface area contributed by atoms with Crippen LogP contribution in [0, 0.1) is 0 Å². The number of hydrogen-bond donors (Lipinski definition) is 2. The number of rotatable bonds is 7. The fraction of sp³-hybridized carbons (Fsp3) is 0.231. The Balaban J connectivity index is 1.83. The van der Waals surface area contributed by atoms with Crippen LogP contribution in [-0.2, 0) is 16.0 Å². The van der Waals surface area contributed by atoms with E-state index in [0.29, 0.717) is 21.5 Å². The zero-order valence-electron chi connectivity index (χ0n) is 21.7. The first-order valence-electron chi connectivity index (χ1n) is 11.8. The molecule has 2 amide bonds. The van der Waals surface area contributed by atoms with Crippen molar-refractivity contribution in [2.45, 2.75) is 25.6 Å². The zero-order chi connectivity index (χ0) is 30.3. The third kappa shape index (κ3) is 6.80. The summed E-state index contributed by atoms with van der Waals surface area (Å²) in [5.41, 5.74) is -3.56. The van der Waals surface area contributed by atoms with Crippen LogP contribution in [0.15, 0.2) is 54.7 Å². The highest BCUT2D eigenvalue weighted by molar-refractivity contribution is 7.90. The molecule has 0 aliphatic carbocycles. The van der Waals surface area contributed by atoms with Crippen molar-refractivity contribution in [3.05, 3.63) is 81.7 Å². The smallest absolute Gasteiger partial charge is 0.346 e. The number of alkyl halides is 3. The van der Waals surface area contributed by atoms with Crippen molar-refractivity contribution in [3.8, 4) is 5.82 Å². The first kappa shape index (κ1) is 30.3. The summed E-state index contributed by atoms with van der Waals surface area (Å²) < 4.78 is 65.2. The summed E-state index contributed by atoms with van der Waals surface area (Å²) in [5, 5.41) is 9.39. The molecule has 0 saturated carbocycles. The molecule has 0 spiro atoms. The van der Waals surface area contributed by atoms with Gasteiger partial charge in [-0.25, -0.2) is 18.1 Å². The van der Waals surface area contributed by atoms with E-state index in [1.165, 1.54) is 38.2 Å². The summed E-state index contributed by atoms with van der Waals surface area (Å²) in [4.78, 5) is 30.9. The van der Waals surface area contributed by atoms with Gasteiger partial charge >= 0.3 is 6.18 Å². The van der Waals surface area contributed by atoms with Crippen molar-refractivity contribution < 1.29 is 31.2 Å². The van der Waals surface area contributed by atoms with Gasteiger partial charge in [0.05, 0.1) is 27.0 Å². The maximum absolute atomic E-state index is 13.6. The molecule has 0 fully saturated rings. The lowest BCUT2D eigenvalue weighted by Gasteiger charge is -2.26. The standard InChI is InChI=1S/C26H22Cl2F3N5O4S/c1-25(2,13-41(3,39)40)34-23(37)16-11-14-7-4-5-8-15(14)20(28)21(16)33-24(38)18-12-19(26(29,30)31)35-36(18)22-17(27)9-6-10-32-22/h4-12H,13H2,1-3H3,(H,33,38)(H,34,37). The number of anilines is 1. The monoisotopic (exact) mass is 627 g/mol. The van der Waals surface area contributed by atoms with Gasteiger partial charge in [0.25, 0.3) is 11.8 Å². The first-order valence-corrected chi connectivity index (χ1v) is 14.6. The van der Waals surface area contributed by atoms with Gasteiger partial charge in [-0.2, -0.15) is 18.3 Å². The number of sulfone groups is 1. The van der Waals surface area contributed by atoms with E-state index in [9.17, 15) is 31.2 Å². The highest BCUT2D eigenvalue weighted by atomic mass is 35.5. The Morgan fingerprint density at radius 2 is 1.71 bits per heavy atom. The molecule has 41 heavy (non-hydrogen) atoms. The normalized spacial score (nSPS) is 12.4. The number of fused-ring (bicyclic) bond motifs is 1. The van der Waals surface area contributed by atoms with Gasteiger partial charge in [0.15, 0.2) is 11.5 Å². The van der Waals surface area contributed by atoms with Crippen LogP contribution in [0.5, 0.6) is 0 Å². The van der Waals surface area contributed by atoms with Crippen molar-refractivity contribution in [3.63, 3.8) is 0 Å². The second kappa shape index (κ2) is 11.0. The summed E-state index contributed by atoms with van der Waals surface area (Å²) in [7, 11) is -3.49. The fourth-order valence-electron chi connectivity index (χ4n) is 4.22. The number of carbonyl (C=O) groups excluding carboxylic acids is 2. The lowest BCUT2D eigenvalue weighted by Crippen LogP contribution is -2.48. The molecule has 0 bridgehead atoms. The minimum atomic E-state index is -4.90. The number of carbonyl (C=O) groups is 2. The van der Waals surface area contributed by atoms with Crippen molar-refractivity contribution in [1.29, 1.82) is 0 Å². The lowest BCUT2D eigenvalue weighted by atomic mass is 10.0. The Kier molecular flexibility index (Phi) is 8.09. The molecule has 4 rings (SSSR count). The van der Waals surface area contributed by atoms with E-state index in [1.807, 2.05) is 0 Å². The fourth-order valence-corrected chi connectivity index (χ4v) is 6.13. The molecule has 216 valence electrons. The van der Waals surface area contributed by atoms with Crippen LogP contribution in [-0.4, -0.2) is 52.5 Å². The van der Waals surface area contributed by atoms with E-state index in [0.717, 1.165) is 6.26 Å². The quantitative estimate of drug-likeness (QED) is 0.277. The van der Waals surface area contributed by atoms with Gasteiger partial charge < -0.3 is 10.6 Å². The Hall–Kier alpha value is -3.68. The molecule has 2 aromatic heterocycles. The number of halogens is 5. The van der Waals surface area contributed by atoms with E-state index >= 15 is 0 Å². The molecule has 2 heterocycles. The van der Waals surface area contributed by atoms with Crippen LogP contribution in [0.25, 0.3) is 16.6 Å². The molecule has 15 heteroatoms. The summed E-state index contributed by atoms with van der Waals surface area (Å²) >= 11 is 12.8. The zero-order valence-corrected chi connectivity index (χ0v) is 24.0. The number of nitrogens with zero attached hydrogens (tertiary/aromatic N) is 3. The highest BCUT2D eigenvalue weighted by Gasteiger charge is 2.37. The van der Waals surface area contributed by atoms with Crippen LogP contribution in [0.1, 0.15) is 40.4 Å². The molecule has 2 N–H and O–H groups in total. The largest absolute Gasteiger partial charge is 0.435 e. The lowest BCUT2D eigenvalue weighted by molar-refractivity contribution is -0.141. The number of amides is 2. The van der Waals surface area contributed by atoms with Crippen LogP contribution in [0.4, 0.5) is 18.9 Å². The van der Waals surface area contributed by atoms with Gasteiger partial charge in [-0.15, -0.1) is 0 Å². The number of nitrogens with one attached hydrogen (secondary N) is 2. The van der Waals surface area contributed by atoms with Crippen LogP contribution in [0.2, 0.25) is 10.0 Å². The van der Waals surface area contributed by atoms with Crippen molar-refractivity contribution in [2.75, 3.05) is 17.3 Å².